The van der Waals surface area contributed by atoms with Crippen LogP contribution in [0, 0.1) is 18.7 Å². The molecule has 0 aliphatic carbocycles. The second-order valence-electron chi connectivity index (χ2n) is 4.69. The molecule has 0 bridgehead atoms. The van der Waals surface area contributed by atoms with Crippen molar-refractivity contribution in [2.75, 3.05) is 31.1 Å². The van der Waals surface area contributed by atoms with Crippen LogP contribution in [-0.4, -0.2) is 26.2 Å². The molecule has 1 saturated heterocycles. The van der Waals surface area contributed by atoms with E-state index in [1.165, 1.54) is 0 Å². The lowest BCUT2D eigenvalue weighted by Gasteiger charge is -2.24. The summed E-state index contributed by atoms with van der Waals surface area (Å²) in [5.74, 6) is 0.495. The minimum absolute atomic E-state index is 0.109. The van der Waals surface area contributed by atoms with Crippen LogP contribution in [0.15, 0.2) is 18.2 Å². The van der Waals surface area contributed by atoms with E-state index in [1.54, 1.807) is 13.0 Å². The first-order chi connectivity index (χ1) is 7.66. The lowest BCUT2D eigenvalue weighted by Crippen LogP contribution is -2.29. The number of nitrogens with one attached hydrogen (secondary N) is 1. The molecule has 1 aliphatic heterocycles. The van der Waals surface area contributed by atoms with Gasteiger partial charge < -0.3 is 10.2 Å². The number of benzene rings is 1. The van der Waals surface area contributed by atoms with Gasteiger partial charge in [-0.05, 0) is 37.1 Å². The molecule has 88 valence electrons. The van der Waals surface area contributed by atoms with Gasteiger partial charge in [0.05, 0.1) is 0 Å². The lowest BCUT2D eigenvalue weighted by atomic mass is 10.1. The van der Waals surface area contributed by atoms with Crippen molar-refractivity contribution in [3.8, 4) is 0 Å². The molecule has 1 heterocycles. The first-order valence-electron chi connectivity index (χ1n) is 5.88. The van der Waals surface area contributed by atoms with Crippen LogP contribution < -0.4 is 10.2 Å². The third-order valence-corrected chi connectivity index (χ3v) is 3.10. The number of anilines is 1. The topological polar surface area (TPSA) is 15.3 Å². The normalized spacial score (nSPS) is 21.9. The van der Waals surface area contributed by atoms with Crippen molar-refractivity contribution in [1.82, 2.24) is 5.32 Å². The van der Waals surface area contributed by atoms with Gasteiger partial charge in [-0.2, -0.15) is 0 Å². The van der Waals surface area contributed by atoms with E-state index in [1.807, 2.05) is 12.1 Å². The van der Waals surface area contributed by atoms with Gasteiger partial charge in [-0.25, -0.2) is 4.39 Å². The zero-order valence-electron chi connectivity index (χ0n) is 9.96. The zero-order chi connectivity index (χ0) is 11.5. The van der Waals surface area contributed by atoms with Gasteiger partial charge in [-0.3, -0.25) is 0 Å². The average Bonchev–Trinajstić information content (AvgIpc) is 2.47. The van der Waals surface area contributed by atoms with Crippen LogP contribution in [0.5, 0.6) is 0 Å². The molecule has 1 aromatic rings. The minimum Gasteiger partial charge on any atom is -0.370 e. The van der Waals surface area contributed by atoms with Gasteiger partial charge in [0.15, 0.2) is 0 Å². The number of nitrogens with zero attached hydrogens (tertiary/aromatic N) is 1. The maximum absolute atomic E-state index is 13.5. The van der Waals surface area contributed by atoms with Crippen LogP contribution in [-0.2, 0) is 0 Å². The van der Waals surface area contributed by atoms with Gasteiger partial charge in [-0.1, -0.05) is 13.0 Å². The van der Waals surface area contributed by atoms with Crippen molar-refractivity contribution >= 4 is 5.69 Å². The summed E-state index contributed by atoms with van der Waals surface area (Å²) in [5.41, 5.74) is 1.71. The van der Waals surface area contributed by atoms with Crippen molar-refractivity contribution in [3.63, 3.8) is 0 Å². The summed E-state index contributed by atoms with van der Waals surface area (Å²) in [6.07, 6.45) is 0. The highest BCUT2D eigenvalue weighted by molar-refractivity contribution is 5.48. The maximum Gasteiger partial charge on any atom is 0.128 e. The molecular weight excluding hydrogens is 203 g/mol. The van der Waals surface area contributed by atoms with Crippen LogP contribution in [0.25, 0.3) is 0 Å². The van der Waals surface area contributed by atoms with E-state index in [4.69, 9.17) is 0 Å². The smallest absolute Gasteiger partial charge is 0.128 e. The van der Waals surface area contributed by atoms with Crippen LogP contribution in [0.3, 0.4) is 0 Å². The molecular formula is C13H19FN2. The van der Waals surface area contributed by atoms with E-state index in [0.717, 1.165) is 31.9 Å². The highest BCUT2D eigenvalue weighted by Gasteiger charge is 2.15. The van der Waals surface area contributed by atoms with Gasteiger partial charge in [0.2, 0.25) is 0 Å². The predicted molar refractivity (Wildman–Crippen MR) is 65.4 cm³/mol. The van der Waals surface area contributed by atoms with Crippen molar-refractivity contribution in [1.29, 1.82) is 0 Å². The average molecular weight is 222 g/mol. The van der Waals surface area contributed by atoms with E-state index < -0.39 is 0 Å². The largest absolute Gasteiger partial charge is 0.370 e. The lowest BCUT2D eigenvalue weighted by molar-refractivity contribution is 0.563. The van der Waals surface area contributed by atoms with Gasteiger partial charge in [0, 0.05) is 25.3 Å². The summed E-state index contributed by atoms with van der Waals surface area (Å²) in [4.78, 5) is 2.26. The minimum atomic E-state index is -0.109. The highest BCUT2D eigenvalue weighted by atomic mass is 19.1. The van der Waals surface area contributed by atoms with E-state index in [0.29, 0.717) is 11.5 Å². The Morgan fingerprint density at radius 1 is 1.44 bits per heavy atom. The Kier molecular flexibility index (Phi) is 3.44. The molecule has 0 amide bonds. The van der Waals surface area contributed by atoms with E-state index >= 15 is 0 Å². The fourth-order valence-corrected chi connectivity index (χ4v) is 2.11. The standard InChI is InChI=1S/C13H19FN2/c1-10-8-15-5-6-16(9-10)12-4-3-11(2)13(14)7-12/h3-4,7,10,15H,5-6,8-9H2,1-2H3. The van der Waals surface area contributed by atoms with Crippen LogP contribution in [0.2, 0.25) is 0 Å². The molecule has 1 unspecified atom stereocenters. The Morgan fingerprint density at radius 3 is 3.00 bits per heavy atom. The Morgan fingerprint density at radius 2 is 2.25 bits per heavy atom. The Labute approximate surface area is 96.5 Å². The second kappa shape index (κ2) is 4.83. The number of hydrogen-bond donors (Lipinski definition) is 1. The number of halogens is 1. The van der Waals surface area contributed by atoms with E-state index in [-0.39, 0.29) is 5.82 Å². The summed E-state index contributed by atoms with van der Waals surface area (Å²) in [5, 5.41) is 3.39. The van der Waals surface area contributed by atoms with Crippen molar-refractivity contribution in [2.24, 2.45) is 5.92 Å². The predicted octanol–water partition coefficient (Wildman–Crippen LogP) is 2.18. The first-order valence-corrected chi connectivity index (χ1v) is 5.88. The van der Waals surface area contributed by atoms with Gasteiger partial charge in [0.1, 0.15) is 5.82 Å². The van der Waals surface area contributed by atoms with Crippen molar-refractivity contribution in [3.05, 3.63) is 29.6 Å². The number of aryl methyl sites for hydroxylation is 1. The summed E-state index contributed by atoms with van der Waals surface area (Å²) in [6.45, 7) is 7.98. The molecule has 2 nitrogen and oxygen atoms in total. The Bertz CT molecular complexity index is 365. The van der Waals surface area contributed by atoms with Gasteiger partial charge in [-0.15, -0.1) is 0 Å². The Balaban J connectivity index is 2.18. The molecule has 1 aromatic carbocycles. The van der Waals surface area contributed by atoms with Crippen molar-refractivity contribution in [2.45, 2.75) is 13.8 Å². The summed E-state index contributed by atoms with van der Waals surface area (Å²) in [7, 11) is 0. The fourth-order valence-electron chi connectivity index (χ4n) is 2.11. The molecule has 0 radical (unpaired) electrons. The summed E-state index contributed by atoms with van der Waals surface area (Å²) >= 11 is 0. The van der Waals surface area contributed by atoms with Crippen LogP contribution in [0.1, 0.15) is 12.5 Å². The summed E-state index contributed by atoms with van der Waals surface area (Å²) in [6, 6.07) is 5.51. The molecule has 1 fully saturated rings. The molecule has 16 heavy (non-hydrogen) atoms. The molecule has 2 rings (SSSR count). The first kappa shape index (κ1) is 11.4. The van der Waals surface area contributed by atoms with Gasteiger partial charge in [0.25, 0.3) is 0 Å². The van der Waals surface area contributed by atoms with Crippen LogP contribution >= 0.6 is 0 Å². The van der Waals surface area contributed by atoms with Crippen LogP contribution in [0.4, 0.5) is 10.1 Å². The number of hydrogen-bond acceptors (Lipinski definition) is 2. The Hall–Kier alpha value is -1.09. The SMILES string of the molecule is Cc1ccc(N2CCNCC(C)C2)cc1F. The molecule has 0 aromatic heterocycles. The van der Waals surface area contributed by atoms with Gasteiger partial charge >= 0.3 is 0 Å². The molecule has 1 N–H and O–H groups in total. The van der Waals surface area contributed by atoms with E-state index in [2.05, 4.69) is 17.1 Å². The highest BCUT2D eigenvalue weighted by Crippen LogP contribution is 2.19. The number of rotatable bonds is 1. The fraction of sp³-hybridized carbons (Fsp3) is 0.538. The molecule has 0 saturated carbocycles. The third kappa shape index (κ3) is 2.53. The maximum atomic E-state index is 13.5. The quantitative estimate of drug-likeness (QED) is 0.783. The van der Waals surface area contributed by atoms with Crippen molar-refractivity contribution < 1.29 is 4.39 Å². The second-order valence-corrected chi connectivity index (χ2v) is 4.69. The molecule has 1 aliphatic rings. The molecule has 3 heteroatoms. The summed E-state index contributed by atoms with van der Waals surface area (Å²) < 4.78 is 13.5. The third-order valence-electron chi connectivity index (χ3n) is 3.10. The molecule has 1 atom stereocenters. The monoisotopic (exact) mass is 222 g/mol. The zero-order valence-corrected chi connectivity index (χ0v) is 9.96. The molecule has 0 spiro atoms. The van der Waals surface area contributed by atoms with E-state index in [9.17, 15) is 4.39 Å².